The van der Waals surface area contributed by atoms with E-state index >= 15 is 0 Å². The van der Waals surface area contributed by atoms with Crippen LogP contribution in [0.4, 0.5) is 0 Å². The van der Waals surface area contributed by atoms with E-state index < -0.39 is 0 Å². The summed E-state index contributed by atoms with van der Waals surface area (Å²) in [5, 5.41) is 4.35. The lowest BCUT2D eigenvalue weighted by Gasteiger charge is -2.02. The molecule has 0 aliphatic heterocycles. The van der Waals surface area contributed by atoms with Gasteiger partial charge in [-0.25, -0.2) is 0 Å². The molecule has 0 amide bonds. The number of hydrogen-bond acceptors (Lipinski definition) is 1. The number of nitrogens with zero attached hydrogens (tertiary/aromatic N) is 2. The van der Waals surface area contributed by atoms with Crippen molar-refractivity contribution < 1.29 is 4.68 Å². The van der Waals surface area contributed by atoms with Crippen molar-refractivity contribution >= 4 is 0 Å². The molecule has 0 aliphatic carbocycles. The van der Waals surface area contributed by atoms with Crippen LogP contribution in [-0.2, 0) is 7.05 Å². The van der Waals surface area contributed by atoms with Gasteiger partial charge in [-0.1, -0.05) is 4.68 Å². The van der Waals surface area contributed by atoms with E-state index in [0.29, 0.717) is 0 Å². The molecule has 0 unspecified atom stereocenters. The van der Waals surface area contributed by atoms with E-state index in [-0.39, 0.29) is 0 Å². The second-order valence-electron chi connectivity index (χ2n) is 3.04. The van der Waals surface area contributed by atoms with Gasteiger partial charge in [0, 0.05) is 12.5 Å². The molecule has 0 N–H and O–H groups in total. The molecule has 1 heterocycles. The lowest BCUT2D eigenvalue weighted by molar-refractivity contribution is -0.737. The van der Waals surface area contributed by atoms with Gasteiger partial charge in [-0.15, -0.1) is 0 Å². The zero-order valence-corrected chi connectivity index (χ0v) is 7.89. The molecule has 0 fully saturated rings. The van der Waals surface area contributed by atoms with Crippen molar-refractivity contribution in [2.45, 2.75) is 27.7 Å². The Bertz CT molecular complexity index is 264. The standard InChI is InChI=1S/C9H15N2/c1-6-7(2)9(4)11(5)10-8(6)3/h1-5H3/q+1. The first-order valence-corrected chi connectivity index (χ1v) is 3.84. The highest BCUT2D eigenvalue weighted by Crippen LogP contribution is 2.09. The van der Waals surface area contributed by atoms with Crippen LogP contribution in [0.1, 0.15) is 22.5 Å². The molecule has 60 valence electrons. The molecule has 1 rings (SSSR count). The molecule has 0 atom stereocenters. The Labute approximate surface area is 67.9 Å². The highest BCUT2D eigenvalue weighted by atomic mass is 15.2. The minimum atomic E-state index is 1.12. The summed E-state index contributed by atoms with van der Waals surface area (Å²) in [6.07, 6.45) is 0. The van der Waals surface area contributed by atoms with Crippen LogP contribution in [0.2, 0.25) is 0 Å². The normalized spacial score (nSPS) is 10.3. The molecule has 0 radical (unpaired) electrons. The molecular formula is C9H15N2+. The van der Waals surface area contributed by atoms with Gasteiger partial charge in [0.1, 0.15) is 5.69 Å². The van der Waals surface area contributed by atoms with Crippen LogP contribution in [0.3, 0.4) is 0 Å². The molecule has 2 nitrogen and oxygen atoms in total. The third-order valence-electron chi connectivity index (χ3n) is 2.43. The van der Waals surface area contributed by atoms with Crippen molar-refractivity contribution in [3.05, 3.63) is 22.5 Å². The maximum absolute atomic E-state index is 4.35. The fourth-order valence-electron chi connectivity index (χ4n) is 1.16. The molecule has 0 spiro atoms. The number of rotatable bonds is 0. The van der Waals surface area contributed by atoms with E-state index in [1.165, 1.54) is 16.8 Å². The Morgan fingerprint density at radius 2 is 1.55 bits per heavy atom. The zero-order chi connectivity index (χ0) is 8.59. The molecule has 0 aliphatic rings. The molecule has 0 aromatic carbocycles. The maximum Gasteiger partial charge on any atom is 0.208 e. The summed E-state index contributed by atoms with van der Waals surface area (Å²) in [5.74, 6) is 0. The lowest BCUT2D eigenvalue weighted by Crippen LogP contribution is -2.38. The van der Waals surface area contributed by atoms with Gasteiger partial charge >= 0.3 is 0 Å². The second-order valence-corrected chi connectivity index (χ2v) is 3.04. The summed E-state index contributed by atoms with van der Waals surface area (Å²) in [6, 6.07) is 0. The summed E-state index contributed by atoms with van der Waals surface area (Å²) in [5.41, 5.74) is 5.02. The highest BCUT2D eigenvalue weighted by molar-refractivity contribution is 5.26. The highest BCUT2D eigenvalue weighted by Gasteiger charge is 2.11. The smallest absolute Gasteiger partial charge is 0.0910 e. The molecule has 11 heavy (non-hydrogen) atoms. The van der Waals surface area contributed by atoms with Crippen molar-refractivity contribution in [1.29, 1.82) is 0 Å². The van der Waals surface area contributed by atoms with Crippen LogP contribution >= 0.6 is 0 Å². The number of aryl methyl sites for hydroxylation is 2. The summed E-state index contributed by atoms with van der Waals surface area (Å²) in [4.78, 5) is 0. The van der Waals surface area contributed by atoms with Gasteiger partial charge in [0.2, 0.25) is 5.69 Å². The molecule has 0 saturated carbocycles. The molecule has 1 aromatic heterocycles. The van der Waals surface area contributed by atoms with Crippen molar-refractivity contribution in [2.24, 2.45) is 7.05 Å². The van der Waals surface area contributed by atoms with E-state index in [1.807, 2.05) is 18.7 Å². The van der Waals surface area contributed by atoms with Crippen LogP contribution in [0.5, 0.6) is 0 Å². The van der Waals surface area contributed by atoms with Crippen LogP contribution in [-0.4, -0.2) is 5.10 Å². The van der Waals surface area contributed by atoms with Crippen LogP contribution in [0, 0.1) is 27.7 Å². The minimum absolute atomic E-state index is 1.12. The van der Waals surface area contributed by atoms with Gasteiger partial charge in [0.15, 0.2) is 7.05 Å². The van der Waals surface area contributed by atoms with Crippen LogP contribution < -0.4 is 4.68 Å². The summed E-state index contributed by atoms with van der Waals surface area (Å²) >= 11 is 0. The summed E-state index contributed by atoms with van der Waals surface area (Å²) < 4.78 is 1.93. The average molecular weight is 151 g/mol. The summed E-state index contributed by atoms with van der Waals surface area (Å²) in [7, 11) is 1.98. The second kappa shape index (κ2) is 2.61. The largest absolute Gasteiger partial charge is 0.208 e. The van der Waals surface area contributed by atoms with Crippen molar-refractivity contribution in [3.63, 3.8) is 0 Å². The Morgan fingerprint density at radius 1 is 1.00 bits per heavy atom. The van der Waals surface area contributed by atoms with E-state index in [0.717, 1.165) is 5.69 Å². The van der Waals surface area contributed by atoms with Gasteiger partial charge in [0.25, 0.3) is 0 Å². The quantitative estimate of drug-likeness (QED) is 0.508. The Balaban J connectivity index is 3.46. The Hall–Kier alpha value is -0.920. The van der Waals surface area contributed by atoms with Crippen molar-refractivity contribution in [2.75, 3.05) is 0 Å². The molecule has 1 aromatic rings. The molecule has 2 heteroatoms. The molecule has 0 bridgehead atoms. The fourth-order valence-corrected chi connectivity index (χ4v) is 1.16. The fraction of sp³-hybridized carbons (Fsp3) is 0.556. The van der Waals surface area contributed by atoms with Crippen LogP contribution in [0.25, 0.3) is 0 Å². The predicted octanol–water partition coefficient (Wildman–Crippen LogP) is 1.14. The topological polar surface area (TPSA) is 16.8 Å². The maximum atomic E-state index is 4.35. The predicted molar refractivity (Wildman–Crippen MR) is 44.4 cm³/mol. The third-order valence-corrected chi connectivity index (χ3v) is 2.43. The first kappa shape index (κ1) is 8.18. The van der Waals surface area contributed by atoms with Crippen LogP contribution in [0.15, 0.2) is 0 Å². The SMILES string of the molecule is Cc1n[n+](C)c(C)c(C)c1C. The average Bonchev–Trinajstić information content (AvgIpc) is 1.97. The van der Waals surface area contributed by atoms with Gasteiger partial charge in [-0.3, -0.25) is 0 Å². The Morgan fingerprint density at radius 3 is 2.09 bits per heavy atom. The van der Waals surface area contributed by atoms with Gasteiger partial charge in [0.05, 0.1) is 0 Å². The van der Waals surface area contributed by atoms with Gasteiger partial charge in [-0.2, -0.15) is 0 Å². The monoisotopic (exact) mass is 151 g/mol. The molecule has 0 saturated heterocycles. The van der Waals surface area contributed by atoms with E-state index in [4.69, 9.17) is 0 Å². The first-order chi connectivity index (χ1) is 5.04. The van der Waals surface area contributed by atoms with E-state index in [9.17, 15) is 0 Å². The zero-order valence-electron chi connectivity index (χ0n) is 7.89. The van der Waals surface area contributed by atoms with E-state index in [2.05, 4.69) is 25.9 Å². The third kappa shape index (κ3) is 1.25. The number of aromatic nitrogens is 2. The van der Waals surface area contributed by atoms with Crippen molar-refractivity contribution in [3.8, 4) is 0 Å². The number of hydrogen-bond donors (Lipinski definition) is 0. The molecular weight excluding hydrogens is 136 g/mol. The van der Waals surface area contributed by atoms with Gasteiger partial charge in [-0.05, 0) is 31.4 Å². The Kier molecular flexibility index (Phi) is 1.94. The van der Waals surface area contributed by atoms with Gasteiger partial charge < -0.3 is 0 Å². The van der Waals surface area contributed by atoms with E-state index in [1.54, 1.807) is 0 Å². The summed E-state index contributed by atoms with van der Waals surface area (Å²) in [6.45, 7) is 8.39. The van der Waals surface area contributed by atoms with Crippen molar-refractivity contribution in [1.82, 2.24) is 5.10 Å². The first-order valence-electron chi connectivity index (χ1n) is 3.84. The lowest BCUT2D eigenvalue weighted by atomic mass is 10.1. The minimum Gasteiger partial charge on any atom is -0.0910 e.